The number of quaternary nitrogens is 1. The smallest absolute Gasteiger partial charge is 0.278 e. The normalized spacial score (nSPS) is 19.7. The number of nitro benzene ring substituents is 1. The number of aliphatic imine (C=N–C) groups is 1. The molecule has 0 saturated carbocycles. The Morgan fingerprint density at radius 2 is 1.83 bits per heavy atom. The Morgan fingerprint density at radius 3 is 2.47 bits per heavy atom. The Morgan fingerprint density at radius 1 is 1.13 bits per heavy atom. The van der Waals surface area contributed by atoms with E-state index in [0.29, 0.717) is 30.5 Å². The lowest BCUT2D eigenvalue weighted by atomic mass is 10.1. The van der Waals surface area contributed by atoms with Crippen LogP contribution in [-0.2, 0) is 17.8 Å². The fourth-order valence-corrected chi connectivity index (χ4v) is 3.63. The quantitative estimate of drug-likeness (QED) is 0.216. The van der Waals surface area contributed by atoms with Gasteiger partial charge < -0.3 is 19.5 Å². The molecule has 1 heterocycles. The number of piperazine rings is 1. The molecule has 1 amide bonds. The number of hydrogen-bond donors (Lipinski definition) is 0. The largest absolute Gasteiger partial charge is 0.861 e. The second-order valence-electron chi connectivity index (χ2n) is 7.91. The lowest BCUT2D eigenvalue weighted by Gasteiger charge is -2.42. The fraction of sp³-hybridized carbons (Fsp3) is 0.364. The zero-order valence-corrected chi connectivity index (χ0v) is 17.1. The van der Waals surface area contributed by atoms with Crippen LogP contribution < -0.4 is 5.11 Å². The first-order valence-corrected chi connectivity index (χ1v) is 9.94. The first-order chi connectivity index (χ1) is 14.3. The van der Waals surface area contributed by atoms with E-state index >= 15 is 0 Å². The predicted molar refractivity (Wildman–Crippen MR) is 112 cm³/mol. The lowest BCUT2D eigenvalue weighted by molar-refractivity contribution is -0.917. The standard InChI is InChI=1S/C22H26N4O4/c1-26(16-19-5-3-2-4-6-19)14-13-24(22(28)17-26)15-21(27)23-12-11-18-7-9-20(10-8-18)25(29)30/h2-10H,11-17H2,1H3. The summed E-state index contributed by atoms with van der Waals surface area (Å²) in [5, 5.41) is 22.9. The van der Waals surface area contributed by atoms with E-state index in [0.717, 1.165) is 18.7 Å². The molecule has 0 aliphatic carbocycles. The summed E-state index contributed by atoms with van der Waals surface area (Å²) in [6.07, 6.45) is 0.518. The number of likely N-dealkylation sites (N-methyl/N-ethyl adjacent to an activating group) is 1. The van der Waals surface area contributed by atoms with Crippen molar-refractivity contribution in [1.29, 1.82) is 0 Å². The number of benzene rings is 2. The molecule has 3 rings (SSSR count). The lowest BCUT2D eigenvalue weighted by Crippen LogP contribution is -2.60. The Hall–Kier alpha value is -3.26. The van der Waals surface area contributed by atoms with Crippen molar-refractivity contribution in [2.75, 3.05) is 39.8 Å². The minimum absolute atomic E-state index is 0.00440. The first kappa shape index (κ1) is 21.4. The maximum atomic E-state index is 12.6. The third kappa shape index (κ3) is 5.87. The monoisotopic (exact) mass is 410 g/mol. The van der Waals surface area contributed by atoms with Crippen LogP contribution >= 0.6 is 0 Å². The Kier molecular flexibility index (Phi) is 6.79. The van der Waals surface area contributed by atoms with Crippen LogP contribution in [0.25, 0.3) is 0 Å². The molecule has 0 aromatic heterocycles. The molecule has 1 aliphatic heterocycles. The van der Waals surface area contributed by atoms with Gasteiger partial charge in [-0.2, -0.15) is 0 Å². The second-order valence-corrected chi connectivity index (χ2v) is 7.91. The molecule has 1 aliphatic rings. The average molecular weight is 410 g/mol. The minimum atomic E-state index is -0.448. The van der Waals surface area contributed by atoms with Gasteiger partial charge in [-0.3, -0.25) is 14.9 Å². The van der Waals surface area contributed by atoms with E-state index in [1.165, 1.54) is 17.7 Å². The number of non-ortho nitro benzene ring substituents is 1. The van der Waals surface area contributed by atoms with Crippen molar-refractivity contribution < 1.29 is 19.3 Å². The van der Waals surface area contributed by atoms with Crippen LogP contribution in [-0.4, -0.2) is 65.9 Å². The molecule has 1 saturated heterocycles. The molecule has 158 valence electrons. The molecule has 0 radical (unpaired) electrons. The van der Waals surface area contributed by atoms with Gasteiger partial charge in [0.05, 0.1) is 25.1 Å². The summed E-state index contributed by atoms with van der Waals surface area (Å²) in [6, 6.07) is 16.3. The van der Waals surface area contributed by atoms with Crippen molar-refractivity contribution in [3.63, 3.8) is 0 Å². The second kappa shape index (κ2) is 9.49. The number of hydrogen-bond acceptors (Lipinski definition) is 5. The highest BCUT2D eigenvalue weighted by molar-refractivity contribution is 5.83. The summed E-state index contributed by atoms with van der Waals surface area (Å²) in [7, 11) is 2.07. The van der Waals surface area contributed by atoms with Crippen molar-refractivity contribution in [1.82, 2.24) is 4.90 Å². The van der Waals surface area contributed by atoms with E-state index in [2.05, 4.69) is 24.2 Å². The Bertz CT molecular complexity index is 914. The van der Waals surface area contributed by atoms with Crippen LogP contribution in [0.4, 0.5) is 5.69 Å². The molecule has 2 aromatic rings. The molecule has 0 bridgehead atoms. The van der Waals surface area contributed by atoms with Gasteiger partial charge >= 0.3 is 0 Å². The van der Waals surface area contributed by atoms with E-state index in [1.807, 2.05) is 18.2 Å². The molecular formula is C22H26N4O4. The molecule has 30 heavy (non-hydrogen) atoms. The molecule has 8 heteroatoms. The fourth-order valence-electron chi connectivity index (χ4n) is 3.63. The number of nitrogens with zero attached hydrogens (tertiary/aromatic N) is 4. The number of rotatable bonds is 8. The van der Waals surface area contributed by atoms with Gasteiger partial charge in [0, 0.05) is 30.8 Å². The van der Waals surface area contributed by atoms with Crippen LogP contribution in [0, 0.1) is 10.1 Å². The summed E-state index contributed by atoms with van der Waals surface area (Å²) < 4.78 is 0.630. The van der Waals surface area contributed by atoms with E-state index in [1.54, 1.807) is 17.0 Å². The molecule has 1 atom stereocenters. The van der Waals surface area contributed by atoms with Gasteiger partial charge in [0.25, 0.3) is 11.6 Å². The maximum Gasteiger partial charge on any atom is 0.278 e. The first-order valence-electron chi connectivity index (χ1n) is 9.94. The Balaban J connectivity index is 1.47. The summed E-state index contributed by atoms with van der Waals surface area (Å²) in [4.78, 5) is 28.4. The van der Waals surface area contributed by atoms with Crippen molar-refractivity contribution in [2.24, 2.45) is 4.99 Å². The zero-order chi connectivity index (χ0) is 21.6. The van der Waals surface area contributed by atoms with E-state index in [-0.39, 0.29) is 24.0 Å². The van der Waals surface area contributed by atoms with Crippen molar-refractivity contribution >= 4 is 17.5 Å². The van der Waals surface area contributed by atoms with Crippen LogP contribution in [0.1, 0.15) is 11.1 Å². The van der Waals surface area contributed by atoms with E-state index in [4.69, 9.17) is 0 Å². The molecule has 8 nitrogen and oxygen atoms in total. The van der Waals surface area contributed by atoms with Gasteiger partial charge in [-0.25, -0.2) is 0 Å². The van der Waals surface area contributed by atoms with Gasteiger partial charge in [-0.15, -0.1) is 0 Å². The summed E-state index contributed by atoms with van der Waals surface area (Å²) in [6.45, 7) is 2.77. The third-order valence-electron chi connectivity index (χ3n) is 5.35. The summed E-state index contributed by atoms with van der Waals surface area (Å²) >= 11 is 0. The highest BCUT2D eigenvalue weighted by Crippen LogP contribution is 2.17. The summed E-state index contributed by atoms with van der Waals surface area (Å²) in [5.41, 5.74) is 2.10. The van der Waals surface area contributed by atoms with Crippen molar-refractivity contribution in [2.45, 2.75) is 13.0 Å². The molecule has 0 N–H and O–H groups in total. The van der Waals surface area contributed by atoms with Gasteiger partial charge in [0.2, 0.25) is 0 Å². The molecule has 0 spiro atoms. The number of amides is 1. The van der Waals surface area contributed by atoms with Crippen LogP contribution in [0.2, 0.25) is 0 Å². The highest BCUT2D eigenvalue weighted by atomic mass is 16.6. The summed E-state index contributed by atoms with van der Waals surface area (Å²) in [5.74, 6) is -0.344. The molecule has 2 aromatic carbocycles. The van der Waals surface area contributed by atoms with Crippen LogP contribution in [0.15, 0.2) is 59.6 Å². The van der Waals surface area contributed by atoms with Crippen molar-refractivity contribution in [3.8, 4) is 0 Å². The van der Waals surface area contributed by atoms with Gasteiger partial charge in [0.15, 0.2) is 6.54 Å². The average Bonchev–Trinajstić information content (AvgIpc) is 2.71. The number of carbonyl (C=O) groups excluding carboxylic acids is 1. The van der Waals surface area contributed by atoms with Crippen LogP contribution in [0.3, 0.4) is 0 Å². The SMILES string of the molecule is C[N+]1(Cc2ccccc2)CCN(CC([O-])=NCCc2ccc([N+](=O)[O-])cc2)C(=O)C1. The number of carbonyl (C=O) groups is 1. The predicted octanol–water partition coefficient (Wildman–Crippen LogP) is 1.39. The minimum Gasteiger partial charge on any atom is -0.861 e. The Labute approximate surface area is 175 Å². The topological polar surface area (TPSA) is 98.9 Å². The van der Waals surface area contributed by atoms with Gasteiger partial charge in [-0.1, -0.05) is 42.5 Å². The third-order valence-corrected chi connectivity index (χ3v) is 5.35. The molecule has 1 unspecified atom stereocenters. The van der Waals surface area contributed by atoms with Crippen LogP contribution in [0.5, 0.6) is 0 Å². The van der Waals surface area contributed by atoms with E-state index in [9.17, 15) is 20.0 Å². The van der Waals surface area contributed by atoms with E-state index < -0.39 is 4.92 Å². The zero-order valence-electron chi connectivity index (χ0n) is 17.1. The van der Waals surface area contributed by atoms with Gasteiger partial charge in [-0.05, 0) is 17.9 Å². The van der Waals surface area contributed by atoms with Gasteiger partial charge in [0.1, 0.15) is 6.54 Å². The highest BCUT2D eigenvalue weighted by Gasteiger charge is 2.34. The maximum absolute atomic E-state index is 12.6. The number of nitro groups is 1. The molecular weight excluding hydrogens is 384 g/mol. The van der Waals surface area contributed by atoms with Crippen molar-refractivity contribution in [3.05, 3.63) is 75.8 Å². The molecule has 1 fully saturated rings.